The van der Waals surface area contributed by atoms with Crippen LogP contribution in [-0.4, -0.2) is 32.2 Å². The predicted molar refractivity (Wildman–Crippen MR) is 72.9 cm³/mol. The Morgan fingerprint density at radius 3 is 2.41 bits per heavy atom. The molecule has 7 heteroatoms. The second-order valence-corrected chi connectivity index (χ2v) is 4.38. The highest BCUT2D eigenvalue weighted by Gasteiger charge is 2.28. The number of carbonyl (C=O) groups is 1. The van der Waals surface area contributed by atoms with Crippen LogP contribution in [0, 0.1) is 0 Å². The van der Waals surface area contributed by atoms with Gasteiger partial charge in [0.05, 0.1) is 0 Å². The Morgan fingerprint density at radius 1 is 1.27 bits per heavy atom. The van der Waals surface area contributed by atoms with Crippen LogP contribution in [0.25, 0.3) is 0 Å². The first-order chi connectivity index (χ1) is 10.3. The summed E-state index contributed by atoms with van der Waals surface area (Å²) >= 11 is 0. The van der Waals surface area contributed by atoms with Gasteiger partial charge in [-0.1, -0.05) is 30.3 Å². The largest absolute Gasteiger partial charge is 0.455 e. The summed E-state index contributed by atoms with van der Waals surface area (Å²) < 4.78 is 52.3. The monoisotopic (exact) mass is 318 g/mol. The smallest absolute Gasteiger partial charge is 0.409 e. The second kappa shape index (κ2) is 8.55. The van der Waals surface area contributed by atoms with Gasteiger partial charge in [0.1, 0.15) is 12.9 Å². The van der Waals surface area contributed by atoms with Gasteiger partial charge in [-0.05, 0) is 11.6 Å². The van der Waals surface area contributed by atoms with Crippen LogP contribution in [0.5, 0.6) is 0 Å². The maximum absolute atomic E-state index is 12.4. The normalized spacial score (nSPS) is 14.8. The molecule has 0 saturated heterocycles. The maximum Gasteiger partial charge on any atom is 0.409 e. The number of esters is 1. The SMILES string of the molecule is COCO[C@H](c1ccccc1)C(/C=C\C(F)(F)F)OC(C)=O. The molecule has 0 heterocycles. The van der Waals surface area contributed by atoms with Crippen LogP contribution < -0.4 is 0 Å². The number of halogens is 3. The maximum atomic E-state index is 12.4. The van der Waals surface area contributed by atoms with Gasteiger partial charge in [0.25, 0.3) is 0 Å². The highest BCUT2D eigenvalue weighted by Crippen LogP contribution is 2.26. The highest BCUT2D eigenvalue weighted by atomic mass is 19.4. The lowest BCUT2D eigenvalue weighted by atomic mass is 10.0. The summed E-state index contributed by atoms with van der Waals surface area (Å²) in [6.07, 6.45) is -5.87. The van der Waals surface area contributed by atoms with Crippen molar-refractivity contribution < 1.29 is 32.2 Å². The Hall–Kier alpha value is -1.86. The van der Waals surface area contributed by atoms with Crippen LogP contribution in [0.1, 0.15) is 18.6 Å². The Balaban J connectivity index is 3.06. The van der Waals surface area contributed by atoms with Gasteiger partial charge in [-0.25, -0.2) is 0 Å². The van der Waals surface area contributed by atoms with E-state index >= 15 is 0 Å². The molecule has 0 fully saturated rings. The van der Waals surface area contributed by atoms with Crippen LogP contribution in [0.3, 0.4) is 0 Å². The van der Waals surface area contributed by atoms with Crippen LogP contribution in [-0.2, 0) is 19.0 Å². The van der Waals surface area contributed by atoms with Gasteiger partial charge in [0, 0.05) is 20.1 Å². The molecule has 1 aromatic rings. The molecule has 0 aliphatic carbocycles. The number of hydrogen-bond donors (Lipinski definition) is 0. The molecule has 0 bridgehead atoms. The molecule has 0 aromatic heterocycles. The van der Waals surface area contributed by atoms with Gasteiger partial charge in [-0.2, -0.15) is 13.2 Å². The Labute approximate surface area is 126 Å². The van der Waals surface area contributed by atoms with E-state index in [2.05, 4.69) is 0 Å². The molecule has 0 spiro atoms. The minimum atomic E-state index is -4.51. The van der Waals surface area contributed by atoms with Crippen molar-refractivity contribution in [3.8, 4) is 0 Å². The molecule has 122 valence electrons. The summed E-state index contributed by atoms with van der Waals surface area (Å²) in [7, 11) is 1.38. The summed E-state index contributed by atoms with van der Waals surface area (Å²) in [5.74, 6) is -0.709. The number of allylic oxidation sites excluding steroid dienone is 1. The molecular formula is C15H17F3O4. The molecule has 1 rings (SSSR count). The van der Waals surface area contributed by atoms with Crippen LogP contribution >= 0.6 is 0 Å². The zero-order chi connectivity index (χ0) is 16.6. The Morgan fingerprint density at radius 2 is 1.91 bits per heavy atom. The van der Waals surface area contributed by atoms with Gasteiger partial charge < -0.3 is 14.2 Å². The van der Waals surface area contributed by atoms with E-state index in [9.17, 15) is 18.0 Å². The molecule has 0 N–H and O–H groups in total. The Kier molecular flexibility index (Phi) is 7.07. The fraction of sp³-hybridized carbons (Fsp3) is 0.400. The first-order valence-corrected chi connectivity index (χ1v) is 6.42. The van der Waals surface area contributed by atoms with Crippen molar-refractivity contribution in [2.75, 3.05) is 13.9 Å². The van der Waals surface area contributed by atoms with E-state index in [4.69, 9.17) is 14.2 Å². The zero-order valence-corrected chi connectivity index (χ0v) is 12.2. The number of alkyl halides is 3. The average Bonchev–Trinajstić information content (AvgIpc) is 2.44. The van der Waals surface area contributed by atoms with Crippen molar-refractivity contribution in [3.05, 3.63) is 48.0 Å². The summed E-state index contributed by atoms with van der Waals surface area (Å²) in [4.78, 5) is 11.2. The summed E-state index contributed by atoms with van der Waals surface area (Å²) in [5, 5.41) is 0. The lowest BCUT2D eigenvalue weighted by Gasteiger charge is -2.25. The molecule has 0 aliphatic rings. The van der Waals surface area contributed by atoms with Crippen LogP contribution in [0.4, 0.5) is 13.2 Å². The van der Waals surface area contributed by atoms with E-state index in [-0.39, 0.29) is 12.9 Å². The molecule has 0 aliphatic heterocycles. The lowest BCUT2D eigenvalue weighted by Crippen LogP contribution is -2.26. The first kappa shape index (κ1) is 18.2. The fourth-order valence-electron chi connectivity index (χ4n) is 1.76. The van der Waals surface area contributed by atoms with Gasteiger partial charge >= 0.3 is 12.1 Å². The predicted octanol–water partition coefficient (Wildman–Crippen LogP) is 3.40. The number of ether oxygens (including phenoxy) is 3. The van der Waals surface area contributed by atoms with Crippen molar-refractivity contribution in [1.82, 2.24) is 0 Å². The van der Waals surface area contributed by atoms with Gasteiger partial charge in [-0.15, -0.1) is 0 Å². The second-order valence-electron chi connectivity index (χ2n) is 4.38. The minimum absolute atomic E-state index is 0.0205. The molecule has 0 saturated carbocycles. The number of carbonyl (C=O) groups excluding carboxylic acids is 1. The summed E-state index contributed by atoms with van der Waals surface area (Å²) in [6.45, 7) is 0.962. The van der Waals surface area contributed by atoms with Crippen molar-refractivity contribution in [3.63, 3.8) is 0 Å². The van der Waals surface area contributed by atoms with Gasteiger partial charge in [0.2, 0.25) is 0 Å². The first-order valence-electron chi connectivity index (χ1n) is 6.42. The zero-order valence-electron chi connectivity index (χ0n) is 12.2. The third-order valence-electron chi connectivity index (χ3n) is 2.57. The quantitative estimate of drug-likeness (QED) is 0.439. The molecule has 1 unspecified atom stereocenters. The lowest BCUT2D eigenvalue weighted by molar-refractivity contribution is -0.158. The van der Waals surface area contributed by atoms with E-state index in [1.807, 2.05) is 0 Å². The summed E-state index contributed by atoms with van der Waals surface area (Å²) in [5.41, 5.74) is 0.567. The standard InChI is InChI=1S/C15H17F3O4/c1-11(19)22-13(8-9-15(16,17)18)14(21-10-20-2)12-6-4-3-5-7-12/h3-9,13-14H,10H2,1-2H3/b9-8-/t13?,14-/m1/s1. The van der Waals surface area contributed by atoms with Gasteiger partial charge in [0.15, 0.2) is 6.10 Å². The number of benzene rings is 1. The van der Waals surface area contributed by atoms with E-state index in [1.165, 1.54) is 7.11 Å². The number of methoxy groups -OCH3 is 1. The molecule has 1 aromatic carbocycles. The molecule has 22 heavy (non-hydrogen) atoms. The van der Waals surface area contributed by atoms with Gasteiger partial charge in [-0.3, -0.25) is 4.79 Å². The van der Waals surface area contributed by atoms with Crippen LogP contribution in [0.2, 0.25) is 0 Å². The van der Waals surface area contributed by atoms with Crippen molar-refractivity contribution in [2.45, 2.75) is 25.3 Å². The third-order valence-corrected chi connectivity index (χ3v) is 2.57. The van der Waals surface area contributed by atoms with E-state index in [0.29, 0.717) is 5.56 Å². The van der Waals surface area contributed by atoms with E-state index in [1.54, 1.807) is 30.3 Å². The fourth-order valence-corrected chi connectivity index (χ4v) is 1.76. The number of rotatable bonds is 7. The van der Waals surface area contributed by atoms with Crippen molar-refractivity contribution in [1.29, 1.82) is 0 Å². The third kappa shape index (κ3) is 6.73. The van der Waals surface area contributed by atoms with Crippen molar-refractivity contribution >= 4 is 5.97 Å². The molecular weight excluding hydrogens is 301 g/mol. The molecule has 0 radical (unpaired) electrons. The molecule has 0 amide bonds. The molecule has 4 nitrogen and oxygen atoms in total. The van der Waals surface area contributed by atoms with E-state index < -0.39 is 24.4 Å². The topological polar surface area (TPSA) is 44.8 Å². The summed E-state index contributed by atoms with van der Waals surface area (Å²) in [6, 6.07) is 8.49. The Bertz CT molecular complexity index is 485. The number of hydrogen-bond acceptors (Lipinski definition) is 4. The highest BCUT2D eigenvalue weighted by molar-refractivity contribution is 5.66. The van der Waals surface area contributed by atoms with Crippen LogP contribution in [0.15, 0.2) is 42.5 Å². The molecule has 2 atom stereocenters. The van der Waals surface area contributed by atoms with E-state index in [0.717, 1.165) is 13.0 Å². The van der Waals surface area contributed by atoms with Crippen molar-refractivity contribution in [2.24, 2.45) is 0 Å². The average molecular weight is 318 g/mol. The minimum Gasteiger partial charge on any atom is -0.455 e.